The van der Waals surface area contributed by atoms with Gasteiger partial charge in [-0.2, -0.15) is 5.10 Å². The van der Waals surface area contributed by atoms with E-state index in [1.807, 2.05) is 20.2 Å². The number of methoxy groups -OCH3 is 2. The molecule has 0 radical (unpaired) electrons. The third-order valence-corrected chi connectivity index (χ3v) is 5.52. The Morgan fingerprint density at radius 3 is 2.32 bits per heavy atom. The van der Waals surface area contributed by atoms with Crippen molar-refractivity contribution >= 4 is 29.8 Å². The van der Waals surface area contributed by atoms with Crippen LogP contribution in [0.15, 0.2) is 35.5 Å². The molecule has 0 amide bonds. The van der Waals surface area contributed by atoms with Gasteiger partial charge in [-0.1, -0.05) is 11.6 Å². The summed E-state index contributed by atoms with van der Waals surface area (Å²) >= 11 is 6.52. The fourth-order valence-corrected chi connectivity index (χ4v) is 3.75. The Bertz CT molecular complexity index is 1430. The predicted octanol–water partition coefficient (Wildman–Crippen LogP) is 3.29. The van der Waals surface area contributed by atoms with Gasteiger partial charge in [0.05, 0.1) is 36.8 Å². The molecule has 0 saturated heterocycles. The summed E-state index contributed by atoms with van der Waals surface area (Å²) in [5.41, 5.74) is 9.15. The Labute approximate surface area is 206 Å². The van der Waals surface area contributed by atoms with E-state index in [4.69, 9.17) is 26.8 Å². The normalized spacial score (nSPS) is 10.6. The van der Waals surface area contributed by atoms with E-state index in [9.17, 15) is 4.79 Å². The summed E-state index contributed by atoms with van der Waals surface area (Å²) in [6.07, 6.45) is 4.98. The highest BCUT2D eigenvalue weighted by molar-refractivity contribution is 6.34. The van der Waals surface area contributed by atoms with Crippen LogP contribution in [0.4, 0.5) is 5.82 Å². The average Bonchev–Trinajstić information content (AvgIpc) is 3.14. The third-order valence-electron chi connectivity index (χ3n) is 5.13. The molecule has 4 aromatic rings. The van der Waals surface area contributed by atoms with Crippen LogP contribution in [-0.2, 0) is 14.1 Å². The number of ether oxygens (including phenoxy) is 2. The van der Waals surface area contributed by atoms with E-state index in [0.29, 0.717) is 34.1 Å². The standard InChI is InChI=1S/C22H22ClN7O3.ClH/c1-11-14(9-30(3)28-11)15-8-25-21(24)20(26-15)16-10-29(2)22(31)19(27-16)13-6-12(32-4)7-17(33-5)18(13)23;/h6-10H,1-5H3,(H2,24,25);1H. The van der Waals surface area contributed by atoms with Crippen LogP contribution < -0.4 is 20.8 Å². The van der Waals surface area contributed by atoms with Crippen LogP contribution in [0.1, 0.15) is 5.69 Å². The Hall–Kier alpha value is -3.63. The fourth-order valence-electron chi connectivity index (χ4n) is 3.47. The zero-order valence-corrected chi connectivity index (χ0v) is 20.7. The molecule has 0 aliphatic heterocycles. The lowest BCUT2D eigenvalue weighted by Gasteiger charge is -2.13. The molecule has 0 aliphatic carbocycles. The number of benzene rings is 1. The highest BCUT2D eigenvalue weighted by atomic mass is 35.5. The van der Waals surface area contributed by atoms with Crippen molar-refractivity contribution in [2.75, 3.05) is 20.0 Å². The zero-order valence-electron chi connectivity index (χ0n) is 19.2. The second kappa shape index (κ2) is 9.70. The van der Waals surface area contributed by atoms with E-state index < -0.39 is 0 Å². The van der Waals surface area contributed by atoms with Crippen LogP contribution in [0, 0.1) is 6.92 Å². The fraction of sp³-hybridized carbons (Fsp3) is 0.227. The second-order valence-corrected chi connectivity index (χ2v) is 7.75. The Morgan fingerprint density at radius 1 is 1.00 bits per heavy atom. The van der Waals surface area contributed by atoms with E-state index in [2.05, 4.69) is 20.1 Å². The monoisotopic (exact) mass is 503 g/mol. The minimum atomic E-state index is -0.359. The summed E-state index contributed by atoms with van der Waals surface area (Å²) in [6, 6.07) is 3.26. The van der Waals surface area contributed by atoms with Crippen LogP contribution in [0.3, 0.4) is 0 Å². The molecule has 0 saturated carbocycles. The molecule has 12 heteroatoms. The first-order chi connectivity index (χ1) is 15.7. The number of nitrogens with zero attached hydrogens (tertiary/aromatic N) is 6. The van der Waals surface area contributed by atoms with Crippen LogP contribution in [-0.4, -0.2) is 43.5 Å². The quantitative estimate of drug-likeness (QED) is 0.439. The first kappa shape index (κ1) is 25.0. The summed E-state index contributed by atoms with van der Waals surface area (Å²) in [6.45, 7) is 1.88. The number of halogens is 2. The van der Waals surface area contributed by atoms with Gasteiger partial charge in [0.2, 0.25) is 0 Å². The van der Waals surface area contributed by atoms with Gasteiger partial charge in [0, 0.05) is 43.7 Å². The maximum Gasteiger partial charge on any atom is 0.276 e. The van der Waals surface area contributed by atoms with E-state index in [1.54, 1.807) is 36.3 Å². The maximum absolute atomic E-state index is 13.0. The van der Waals surface area contributed by atoms with Gasteiger partial charge < -0.3 is 19.8 Å². The minimum Gasteiger partial charge on any atom is -0.497 e. The van der Waals surface area contributed by atoms with Crippen LogP contribution in [0.2, 0.25) is 5.02 Å². The van der Waals surface area contributed by atoms with Gasteiger partial charge in [-0.25, -0.2) is 15.0 Å². The first-order valence-electron chi connectivity index (χ1n) is 9.86. The van der Waals surface area contributed by atoms with Gasteiger partial charge >= 0.3 is 0 Å². The lowest BCUT2D eigenvalue weighted by Crippen LogP contribution is -2.21. The number of nitrogens with two attached hydrogens (primary N) is 1. The van der Waals surface area contributed by atoms with Gasteiger partial charge in [-0.15, -0.1) is 12.4 Å². The molecule has 0 aliphatic rings. The van der Waals surface area contributed by atoms with Crippen molar-refractivity contribution in [2.45, 2.75) is 6.92 Å². The molecule has 3 heterocycles. The molecular weight excluding hydrogens is 481 g/mol. The van der Waals surface area contributed by atoms with E-state index >= 15 is 0 Å². The number of nitrogen functional groups attached to an aromatic ring is 1. The SMILES string of the molecule is COc1cc(OC)c(Cl)c(-c2nc(-c3nc(-c4cn(C)nc4C)cnc3N)cn(C)c2=O)c1.Cl. The van der Waals surface area contributed by atoms with Gasteiger partial charge in [-0.3, -0.25) is 9.48 Å². The number of aromatic nitrogens is 6. The lowest BCUT2D eigenvalue weighted by molar-refractivity contribution is 0.395. The number of anilines is 1. The first-order valence-corrected chi connectivity index (χ1v) is 10.2. The zero-order chi connectivity index (χ0) is 23.9. The topological polar surface area (TPSA) is 123 Å². The third kappa shape index (κ3) is 4.42. The van der Waals surface area contributed by atoms with Gasteiger partial charge in [-0.05, 0) is 13.0 Å². The van der Waals surface area contributed by atoms with Crippen molar-refractivity contribution < 1.29 is 9.47 Å². The molecule has 4 rings (SSSR count). The van der Waals surface area contributed by atoms with E-state index in [-0.39, 0.29) is 34.5 Å². The van der Waals surface area contributed by atoms with E-state index in [0.717, 1.165) is 11.3 Å². The average molecular weight is 504 g/mol. The molecule has 0 atom stereocenters. The maximum atomic E-state index is 13.0. The number of rotatable bonds is 5. The van der Waals surface area contributed by atoms with Gasteiger partial charge in [0.15, 0.2) is 5.82 Å². The molecule has 0 spiro atoms. The summed E-state index contributed by atoms with van der Waals surface area (Å²) < 4.78 is 13.8. The highest BCUT2D eigenvalue weighted by Crippen LogP contribution is 2.38. The second-order valence-electron chi connectivity index (χ2n) is 7.37. The van der Waals surface area contributed by atoms with Crippen LogP contribution >= 0.6 is 24.0 Å². The Balaban J connectivity index is 0.00000324. The number of hydrogen-bond donors (Lipinski definition) is 1. The predicted molar refractivity (Wildman–Crippen MR) is 133 cm³/mol. The summed E-state index contributed by atoms with van der Waals surface area (Å²) in [5.74, 6) is 0.995. The number of hydrogen-bond acceptors (Lipinski definition) is 8. The summed E-state index contributed by atoms with van der Waals surface area (Å²) in [4.78, 5) is 26.6. The molecule has 3 aromatic heterocycles. The number of aryl methyl sites for hydroxylation is 3. The van der Waals surface area contributed by atoms with Crippen LogP contribution in [0.5, 0.6) is 11.5 Å². The highest BCUT2D eigenvalue weighted by Gasteiger charge is 2.20. The molecule has 1 aromatic carbocycles. The van der Waals surface area contributed by atoms with Crippen molar-refractivity contribution in [3.05, 3.63) is 51.8 Å². The smallest absolute Gasteiger partial charge is 0.276 e. The molecule has 0 unspecified atom stereocenters. The Morgan fingerprint density at radius 2 is 1.71 bits per heavy atom. The van der Waals surface area contributed by atoms with Crippen LogP contribution in [0.25, 0.3) is 33.9 Å². The summed E-state index contributed by atoms with van der Waals surface area (Å²) in [5, 5.41) is 4.59. The van der Waals surface area contributed by atoms with Crippen molar-refractivity contribution in [1.29, 1.82) is 0 Å². The van der Waals surface area contributed by atoms with Crippen molar-refractivity contribution in [3.63, 3.8) is 0 Å². The molecule has 34 heavy (non-hydrogen) atoms. The minimum absolute atomic E-state index is 0. The summed E-state index contributed by atoms with van der Waals surface area (Å²) in [7, 11) is 6.43. The van der Waals surface area contributed by atoms with E-state index in [1.165, 1.54) is 18.8 Å². The van der Waals surface area contributed by atoms with Crippen molar-refractivity contribution in [2.24, 2.45) is 14.1 Å². The van der Waals surface area contributed by atoms with Gasteiger partial charge in [0.1, 0.15) is 28.6 Å². The van der Waals surface area contributed by atoms with Crippen molar-refractivity contribution in [3.8, 4) is 45.4 Å². The van der Waals surface area contributed by atoms with Gasteiger partial charge in [0.25, 0.3) is 5.56 Å². The van der Waals surface area contributed by atoms with Crippen molar-refractivity contribution in [1.82, 2.24) is 29.3 Å². The molecule has 0 bridgehead atoms. The Kier molecular flexibility index (Phi) is 7.13. The molecule has 178 valence electrons. The molecule has 0 fully saturated rings. The molecule has 10 nitrogen and oxygen atoms in total. The largest absolute Gasteiger partial charge is 0.497 e. The molecule has 2 N–H and O–H groups in total. The lowest BCUT2D eigenvalue weighted by atomic mass is 10.1. The molecular formula is C22H23Cl2N7O3.